The van der Waals surface area contributed by atoms with Gasteiger partial charge in [-0.15, -0.1) is 0 Å². The summed E-state index contributed by atoms with van der Waals surface area (Å²) in [6, 6.07) is 7.32. The molecule has 0 aromatic heterocycles. The normalized spacial score (nSPS) is 11.2. The molecule has 0 fully saturated rings. The first-order valence-electron chi connectivity index (χ1n) is 8.01. The van der Waals surface area contributed by atoms with Gasteiger partial charge in [-0.2, -0.15) is 0 Å². The number of hydrogen-bond donors (Lipinski definition) is 0. The number of rotatable bonds is 6. The summed E-state index contributed by atoms with van der Waals surface area (Å²) in [6.45, 7) is 5.14. The molecule has 3 nitrogen and oxygen atoms in total. The van der Waals surface area contributed by atoms with E-state index in [4.69, 9.17) is 11.6 Å². The van der Waals surface area contributed by atoms with E-state index in [-0.39, 0.29) is 0 Å². The molecule has 0 aliphatic carbocycles. The molecule has 0 N–H and O–H groups in total. The average molecular weight is 366 g/mol. The summed E-state index contributed by atoms with van der Waals surface area (Å²) in [7, 11) is 3.78. The fourth-order valence-corrected chi connectivity index (χ4v) is 2.61. The molecule has 0 saturated carbocycles. The van der Waals surface area contributed by atoms with E-state index < -0.39 is 11.6 Å². The van der Waals surface area contributed by atoms with Crippen LogP contribution in [0.2, 0.25) is 5.02 Å². The van der Waals surface area contributed by atoms with E-state index in [1.807, 2.05) is 49.9 Å². The van der Waals surface area contributed by atoms with E-state index in [1.54, 1.807) is 6.34 Å². The van der Waals surface area contributed by atoms with Crippen LogP contribution in [0.1, 0.15) is 18.1 Å². The number of nitrogens with zero attached hydrogens (tertiary/aromatic N) is 3. The van der Waals surface area contributed by atoms with Crippen LogP contribution in [0.4, 0.5) is 20.2 Å². The molecule has 134 valence electrons. The highest BCUT2D eigenvalue weighted by Crippen LogP contribution is 2.33. The predicted octanol–water partition coefficient (Wildman–Crippen LogP) is 5.17. The summed E-state index contributed by atoms with van der Waals surface area (Å²) in [4.78, 5) is 8.22. The molecule has 0 atom stereocenters. The van der Waals surface area contributed by atoms with Crippen LogP contribution in [0.5, 0.6) is 0 Å². The number of aliphatic imine (C=N–C) groups is 1. The highest BCUT2D eigenvalue weighted by atomic mass is 35.5. The van der Waals surface area contributed by atoms with Crippen LogP contribution in [0, 0.1) is 18.6 Å². The van der Waals surface area contributed by atoms with Crippen LogP contribution in [-0.2, 0) is 6.54 Å². The minimum absolute atomic E-state index is 0.310. The summed E-state index contributed by atoms with van der Waals surface area (Å²) < 4.78 is 26.9. The molecule has 2 aromatic carbocycles. The Balaban J connectivity index is 2.24. The summed E-state index contributed by atoms with van der Waals surface area (Å²) in [6.07, 6.45) is 1.73. The Labute approximate surface area is 152 Å². The van der Waals surface area contributed by atoms with E-state index in [9.17, 15) is 8.78 Å². The first kappa shape index (κ1) is 19.2. The molecule has 0 spiro atoms. The fourth-order valence-electron chi connectivity index (χ4n) is 2.40. The van der Waals surface area contributed by atoms with Crippen LogP contribution in [0.15, 0.2) is 35.3 Å². The number of anilines is 1. The molecule has 0 amide bonds. The Bertz CT molecular complexity index is 778. The lowest BCUT2D eigenvalue weighted by Gasteiger charge is -2.22. The van der Waals surface area contributed by atoms with Crippen molar-refractivity contribution in [3.05, 3.63) is 58.1 Å². The third kappa shape index (κ3) is 4.92. The Hall–Kier alpha value is -2.14. The Morgan fingerprint density at radius 1 is 1.16 bits per heavy atom. The maximum Gasteiger partial charge on any atom is 0.131 e. The average Bonchev–Trinajstić information content (AvgIpc) is 2.57. The maximum absolute atomic E-state index is 13.9. The van der Waals surface area contributed by atoms with Gasteiger partial charge in [0.1, 0.15) is 11.6 Å². The molecular weight excluding hydrogens is 344 g/mol. The van der Waals surface area contributed by atoms with E-state index in [1.165, 1.54) is 12.1 Å². The van der Waals surface area contributed by atoms with Gasteiger partial charge in [-0.3, -0.25) is 0 Å². The van der Waals surface area contributed by atoms with Gasteiger partial charge in [-0.05, 0) is 37.6 Å². The molecule has 0 unspecified atom stereocenters. The number of benzene rings is 2. The van der Waals surface area contributed by atoms with Gasteiger partial charge in [0.15, 0.2) is 0 Å². The molecule has 6 heteroatoms. The van der Waals surface area contributed by atoms with E-state index in [2.05, 4.69) is 4.99 Å². The second kappa shape index (κ2) is 8.30. The van der Waals surface area contributed by atoms with Crippen molar-refractivity contribution >= 4 is 29.3 Å². The van der Waals surface area contributed by atoms with Crippen LogP contribution in [0.25, 0.3) is 0 Å². The van der Waals surface area contributed by atoms with E-state index in [0.29, 0.717) is 22.8 Å². The fraction of sp³-hybridized carbons (Fsp3) is 0.316. The lowest BCUT2D eigenvalue weighted by molar-refractivity contribution is 0.552. The van der Waals surface area contributed by atoms with Gasteiger partial charge in [0.2, 0.25) is 0 Å². The monoisotopic (exact) mass is 365 g/mol. The minimum atomic E-state index is -0.581. The van der Waals surface area contributed by atoms with Crippen LogP contribution >= 0.6 is 11.6 Å². The van der Waals surface area contributed by atoms with Crippen molar-refractivity contribution in [1.82, 2.24) is 4.90 Å². The van der Waals surface area contributed by atoms with Crippen LogP contribution in [0.3, 0.4) is 0 Å². The summed E-state index contributed by atoms with van der Waals surface area (Å²) >= 11 is 6.34. The van der Waals surface area contributed by atoms with Crippen molar-refractivity contribution in [3.63, 3.8) is 0 Å². The SMILES string of the molecule is CCN(C)/C=N\c1cc(C)c(N(C)Cc2ccc(F)cc2F)cc1Cl. The van der Waals surface area contributed by atoms with Crippen molar-refractivity contribution in [2.24, 2.45) is 4.99 Å². The molecule has 0 radical (unpaired) electrons. The Kier molecular flexibility index (Phi) is 6.37. The van der Waals surface area contributed by atoms with E-state index in [0.717, 1.165) is 23.9 Å². The molecule has 0 aliphatic heterocycles. The van der Waals surface area contributed by atoms with E-state index >= 15 is 0 Å². The Morgan fingerprint density at radius 3 is 2.52 bits per heavy atom. The van der Waals surface area contributed by atoms with Crippen LogP contribution < -0.4 is 4.90 Å². The second-order valence-electron chi connectivity index (χ2n) is 6.00. The molecule has 0 heterocycles. The minimum Gasteiger partial charge on any atom is -0.370 e. The number of hydrogen-bond acceptors (Lipinski definition) is 2. The van der Waals surface area contributed by atoms with Crippen molar-refractivity contribution in [2.45, 2.75) is 20.4 Å². The molecule has 0 aliphatic rings. The first-order valence-corrected chi connectivity index (χ1v) is 8.39. The molecule has 2 aromatic rings. The highest BCUT2D eigenvalue weighted by Gasteiger charge is 2.12. The van der Waals surface area contributed by atoms with Gasteiger partial charge in [-0.1, -0.05) is 17.7 Å². The lowest BCUT2D eigenvalue weighted by Crippen LogP contribution is -2.18. The standard InChI is InChI=1S/C19H22ClF2N3/c1-5-24(3)12-23-18-8-13(2)19(10-16(18)20)25(4)11-14-6-7-15(21)9-17(14)22/h6-10,12H,5,11H2,1-4H3/b23-12-. The second-order valence-corrected chi connectivity index (χ2v) is 6.41. The van der Waals surface area contributed by atoms with Gasteiger partial charge in [0.05, 0.1) is 17.0 Å². The Morgan fingerprint density at radius 2 is 1.88 bits per heavy atom. The van der Waals surface area contributed by atoms with Crippen LogP contribution in [-0.4, -0.2) is 31.9 Å². The quantitative estimate of drug-likeness (QED) is 0.519. The first-order chi connectivity index (χ1) is 11.8. The van der Waals surface area contributed by atoms with Gasteiger partial charge < -0.3 is 9.80 Å². The zero-order chi connectivity index (χ0) is 18.6. The number of aryl methyl sites for hydroxylation is 1. The topological polar surface area (TPSA) is 18.8 Å². The summed E-state index contributed by atoms with van der Waals surface area (Å²) in [5, 5.41) is 0.521. The zero-order valence-corrected chi connectivity index (χ0v) is 15.6. The van der Waals surface area contributed by atoms with Gasteiger partial charge in [0, 0.05) is 44.5 Å². The van der Waals surface area contributed by atoms with Crippen molar-refractivity contribution < 1.29 is 8.78 Å². The predicted molar refractivity (Wildman–Crippen MR) is 101 cm³/mol. The van der Waals surface area contributed by atoms with Gasteiger partial charge in [0.25, 0.3) is 0 Å². The third-order valence-electron chi connectivity index (χ3n) is 3.99. The maximum atomic E-state index is 13.9. The summed E-state index contributed by atoms with van der Waals surface area (Å²) in [5.74, 6) is -1.14. The largest absolute Gasteiger partial charge is 0.370 e. The molecule has 2 rings (SSSR count). The van der Waals surface area contributed by atoms with Crippen molar-refractivity contribution in [3.8, 4) is 0 Å². The third-order valence-corrected chi connectivity index (χ3v) is 4.29. The van der Waals surface area contributed by atoms with Gasteiger partial charge in [-0.25, -0.2) is 13.8 Å². The van der Waals surface area contributed by atoms with Crippen molar-refractivity contribution in [1.29, 1.82) is 0 Å². The smallest absolute Gasteiger partial charge is 0.131 e. The molecule has 25 heavy (non-hydrogen) atoms. The molecule has 0 saturated heterocycles. The lowest BCUT2D eigenvalue weighted by atomic mass is 10.1. The molecule has 0 bridgehead atoms. The zero-order valence-electron chi connectivity index (χ0n) is 14.9. The summed E-state index contributed by atoms with van der Waals surface area (Å²) in [5.41, 5.74) is 2.95. The highest BCUT2D eigenvalue weighted by molar-refractivity contribution is 6.33. The number of halogens is 3. The van der Waals surface area contributed by atoms with Crippen molar-refractivity contribution in [2.75, 3.05) is 25.5 Å². The van der Waals surface area contributed by atoms with Gasteiger partial charge >= 0.3 is 0 Å². The molecular formula is C19H22ClF2N3.